The van der Waals surface area contributed by atoms with Crippen LogP contribution in [0.15, 0.2) is 51.5 Å². The molecule has 1 N–H and O–H groups in total. The number of morpholine rings is 1. The van der Waals surface area contributed by atoms with E-state index in [0.717, 1.165) is 17.7 Å². The fourth-order valence-corrected chi connectivity index (χ4v) is 3.32. The molecule has 132 valence electrons. The Hall–Kier alpha value is -2.15. The van der Waals surface area contributed by atoms with Crippen LogP contribution in [0.1, 0.15) is 24.0 Å². The van der Waals surface area contributed by atoms with E-state index in [9.17, 15) is 9.50 Å². The molecule has 3 heterocycles. The number of aliphatic hydroxyl groups excluding tert-OH is 1. The Kier molecular flexibility index (Phi) is 4.57. The highest BCUT2D eigenvalue weighted by molar-refractivity contribution is 5.77. The maximum atomic E-state index is 13.3. The zero-order valence-electron chi connectivity index (χ0n) is 13.7. The summed E-state index contributed by atoms with van der Waals surface area (Å²) in [5, 5.41) is 11.1. The highest BCUT2D eigenvalue weighted by Gasteiger charge is 2.27. The van der Waals surface area contributed by atoms with Crippen molar-refractivity contribution in [1.29, 1.82) is 0 Å². The summed E-state index contributed by atoms with van der Waals surface area (Å²) in [6.07, 6.45) is 1.40. The fraction of sp³-hybridized carbons (Fsp3) is 0.368. The number of ether oxygens (including phenoxy) is 1. The van der Waals surface area contributed by atoms with Gasteiger partial charge in [0.1, 0.15) is 29.0 Å². The molecule has 1 aromatic carbocycles. The van der Waals surface area contributed by atoms with Gasteiger partial charge in [0.25, 0.3) is 0 Å². The Balaban J connectivity index is 1.48. The van der Waals surface area contributed by atoms with Gasteiger partial charge in [0.05, 0.1) is 26.0 Å². The second-order valence-corrected chi connectivity index (χ2v) is 6.36. The van der Waals surface area contributed by atoms with Crippen molar-refractivity contribution in [3.8, 4) is 0 Å². The van der Waals surface area contributed by atoms with Crippen molar-refractivity contribution in [2.75, 3.05) is 19.8 Å². The lowest BCUT2D eigenvalue weighted by Crippen LogP contribution is -2.45. The van der Waals surface area contributed by atoms with Gasteiger partial charge in [-0.15, -0.1) is 0 Å². The zero-order chi connectivity index (χ0) is 17.2. The summed E-state index contributed by atoms with van der Waals surface area (Å²) in [6, 6.07) is 9.97. The molecule has 0 saturated carbocycles. The number of rotatable bonds is 5. The molecular weight excluding hydrogens is 325 g/mol. The summed E-state index contributed by atoms with van der Waals surface area (Å²) >= 11 is 0. The van der Waals surface area contributed by atoms with Gasteiger partial charge in [0.2, 0.25) is 0 Å². The molecule has 0 radical (unpaired) electrons. The van der Waals surface area contributed by atoms with Crippen LogP contribution in [-0.4, -0.2) is 35.8 Å². The Morgan fingerprint density at radius 3 is 3.04 bits per heavy atom. The summed E-state index contributed by atoms with van der Waals surface area (Å²) in [4.78, 5) is 2.23. The summed E-state index contributed by atoms with van der Waals surface area (Å²) < 4.78 is 30.0. The second-order valence-electron chi connectivity index (χ2n) is 6.36. The van der Waals surface area contributed by atoms with Crippen LogP contribution < -0.4 is 0 Å². The molecule has 0 amide bonds. The van der Waals surface area contributed by atoms with Crippen LogP contribution in [-0.2, 0) is 11.3 Å². The van der Waals surface area contributed by atoms with Crippen LogP contribution in [0.5, 0.6) is 0 Å². The maximum Gasteiger partial charge on any atom is 0.134 e. The standard InChI is InChI=1S/C19H20FNO4/c20-14-3-4-18-13(8-14)9-16(25-18)11-21-5-7-23-12-15(21)10-17(22)19-2-1-6-24-19/h1-4,6,8-9,15,17,22H,5,7,10-12H2. The number of halogens is 1. The smallest absolute Gasteiger partial charge is 0.134 e. The molecule has 2 aromatic heterocycles. The van der Waals surface area contributed by atoms with Crippen molar-refractivity contribution in [3.63, 3.8) is 0 Å². The van der Waals surface area contributed by atoms with Crippen LogP contribution >= 0.6 is 0 Å². The van der Waals surface area contributed by atoms with E-state index < -0.39 is 6.10 Å². The Morgan fingerprint density at radius 1 is 1.28 bits per heavy atom. The molecule has 2 atom stereocenters. The maximum absolute atomic E-state index is 13.3. The van der Waals surface area contributed by atoms with Crippen LogP contribution in [0.4, 0.5) is 4.39 Å². The third kappa shape index (κ3) is 3.61. The number of hydrogen-bond acceptors (Lipinski definition) is 5. The van der Waals surface area contributed by atoms with Gasteiger partial charge in [0, 0.05) is 18.0 Å². The molecule has 6 heteroatoms. The van der Waals surface area contributed by atoms with Gasteiger partial charge in [-0.1, -0.05) is 0 Å². The first kappa shape index (κ1) is 16.3. The first-order valence-electron chi connectivity index (χ1n) is 8.40. The van der Waals surface area contributed by atoms with E-state index in [-0.39, 0.29) is 11.9 Å². The molecule has 0 aliphatic carbocycles. The predicted octanol–water partition coefficient (Wildman–Crippen LogP) is 3.49. The third-order valence-corrected chi connectivity index (χ3v) is 4.60. The molecule has 4 rings (SSSR count). The summed E-state index contributed by atoms with van der Waals surface area (Å²) in [6.45, 7) is 2.53. The van der Waals surface area contributed by atoms with Crippen molar-refractivity contribution in [3.05, 3.63) is 60.0 Å². The molecular formula is C19H20FNO4. The Morgan fingerprint density at radius 2 is 2.20 bits per heavy atom. The molecule has 1 aliphatic rings. The second kappa shape index (κ2) is 7.00. The molecule has 0 bridgehead atoms. The first-order valence-corrected chi connectivity index (χ1v) is 8.40. The molecule has 1 aliphatic heterocycles. The minimum atomic E-state index is -0.672. The van der Waals surface area contributed by atoms with Gasteiger partial charge in [0.15, 0.2) is 0 Å². The molecule has 1 fully saturated rings. The molecule has 5 nitrogen and oxygen atoms in total. The van der Waals surface area contributed by atoms with Crippen molar-refractivity contribution in [2.24, 2.45) is 0 Å². The van der Waals surface area contributed by atoms with E-state index in [0.29, 0.717) is 37.5 Å². The van der Waals surface area contributed by atoms with E-state index in [1.165, 1.54) is 12.1 Å². The fourth-order valence-electron chi connectivity index (χ4n) is 3.32. The van der Waals surface area contributed by atoms with Gasteiger partial charge in [-0.25, -0.2) is 4.39 Å². The zero-order valence-corrected chi connectivity index (χ0v) is 13.7. The van der Waals surface area contributed by atoms with Crippen LogP contribution in [0.25, 0.3) is 11.0 Å². The van der Waals surface area contributed by atoms with Gasteiger partial charge < -0.3 is 18.7 Å². The first-order chi connectivity index (χ1) is 12.2. The van der Waals surface area contributed by atoms with Crippen LogP contribution in [0, 0.1) is 5.82 Å². The van der Waals surface area contributed by atoms with E-state index in [2.05, 4.69) is 4.90 Å². The number of nitrogens with zero attached hydrogens (tertiary/aromatic N) is 1. The van der Waals surface area contributed by atoms with Crippen molar-refractivity contribution >= 4 is 11.0 Å². The van der Waals surface area contributed by atoms with Crippen molar-refractivity contribution in [2.45, 2.75) is 25.1 Å². The minimum Gasteiger partial charge on any atom is -0.467 e. The minimum absolute atomic E-state index is 0.0544. The molecule has 3 aromatic rings. The van der Waals surface area contributed by atoms with Crippen molar-refractivity contribution < 1.29 is 23.1 Å². The number of hydrogen-bond donors (Lipinski definition) is 1. The van der Waals surface area contributed by atoms with E-state index >= 15 is 0 Å². The number of furan rings is 2. The Bertz CT molecular complexity index is 829. The van der Waals surface area contributed by atoms with E-state index in [1.54, 1.807) is 24.5 Å². The molecule has 25 heavy (non-hydrogen) atoms. The van der Waals surface area contributed by atoms with E-state index in [4.69, 9.17) is 13.6 Å². The Labute approximate surface area is 144 Å². The predicted molar refractivity (Wildman–Crippen MR) is 89.5 cm³/mol. The van der Waals surface area contributed by atoms with E-state index in [1.807, 2.05) is 6.07 Å². The average molecular weight is 345 g/mol. The monoisotopic (exact) mass is 345 g/mol. The van der Waals surface area contributed by atoms with Crippen LogP contribution in [0.3, 0.4) is 0 Å². The molecule has 0 spiro atoms. The van der Waals surface area contributed by atoms with Gasteiger partial charge >= 0.3 is 0 Å². The summed E-state index contributed by atoms with van der Waals surface area (Å²) in [7, 11) is 0. The largest absolute Gasteiger partial charge is 0.467 e. The normalized spacial score (nSPS) is 20.2. The lowest BCUT2D eigenvalue weighted by atomic mass is 10.1. The quantitative estimate of drug-likeness (QED) is 0.767. The molecule has 2 unspecified atom stereocenters. The van der Waals surface area contributed by atoms with Crippen LogP contribution in [0.2, 0.25) is 0 Å². The number of benzene rings is 1. The van der Waals surface area contributed by atoms with Gasteiger partial charge in [-0.3, -0.25) is 4.90 Å². The summed E-state index contributed by atoms with van der Waals surface area (Å²) in [5.41, 5.74) is 0.678. The number of fused-ring (bicyclic) bond motifs is 1. The molecule has 1 saturated heterocycles. The summed E-state index contributed by atoms with van der Waals surface area (Å²) in [5.74, 6) is 1.07. The van der Waals surface area contributed by atoms with Gasteiger partial charge in [-0.05, 0) is 42.8 Å². The van der Waals surface area contributed by atoms with Crippen molar-refractivity contribution in [1.82, 2.24) is 4.90 Å². The highest BCUT2D eigenvalue weighted by Crippen LogP contribution is 2.26. The average Bonchev–Trinajstić information content (AvgIpc) is 3.25. The third-order valence-electron chi connectivity index (χ3n) is 4.60. The van der Waals surface area contributed by atoms with Gasteiger partial charge in [-0.2, -0.15) is 0 Å². The lowest BCUT2D eigenvalue weighted by molar-refractivity contribution is -0.0344. The SMILES string of the molecule is OC(CC1COCCN1Cc1cc2cc(F)ccc2o1)c1ccco1. The lowest BCUT2D eigenvalue weighted by Gasteiger charge is -2.35. The topological polar surface area (TPSA) is 59.0 Å². The highest BCUT2D eigenvalue weighted by atomic mass is 19.1. The number of aliphatic hydroxyl groups is 1.